The molecule has 9 heteroatoms. The van der Waals surface area contributed by atoms with Gasteiger partial charge >= 0.3 is 5.97 Å². The molecule has 1 fully saturated rings. The van der Waals surface area contributed by atoms with Gasteiger partial charge < -0.3 is 19.7 Å². The highest BCUT2D eigenvalue weighted by atomic mass is 16.6. The number of anilines is 2. The fraction of sp³-hybridized carbons (Fsp3) is 0.333. The number of nitro groups is 1. The molecule has 0 saturated carbocycles. The molecule has 1 saturated heterocycles. The molecule has 2 aromatic rings. The number of hydrogen-bond donors (Lipinski definition) is 1. The maximum Gasteiger partial charge on any atom is 0.340 e. The molecular formula is C21H23N3O6. The highest BCUT2D eigenvalue weighted by molar-refractivity contribution is 6.02. The fourth-order valence-corrected chi connectivity index (χ4v) is 3.54. The van der Waals surface area contributed by atoms with E-state index in [-0.39, 0.29) is 23.1 Å². The van der Waals surface area contributed by atoms with Crippen molar-refractivity contribution in [1.82, 2.24) is 0 Å². The van der Waals surface area contributed by atoms with E-state index in [1.165, 1.54) is 26.4 Å². The predicted octanol–water partition coefficient (Wildman–Crippen LogP) is 3.25. The molecule has 0 aliphatic carbocycles. The summed E-state index contributed by atoms with van der Waals surface area (Å²) in [5.74, 6) is -0.564. The Morgan fingerprint density at radius 3 is 2.47 bits per heavy atom. The topological polar surface area (TPSA) is 111 Å². The van der Waals surface area contributed by atoms with Crippen molar-refractivity contribution in [2.24, 2.45) is 5.92 Å². The van der Waals surface area contributed by atoms with Gasteiger partial charge in [-0.15, -0.1) is 0 Å². The number of nitrogens with one attached hydrogen (secondary N) is 1. The molecule has 1 N–H and O–H groups in total. The molecule has 158 valence electrons. The standard InChI is InChI=1S/C21H23N3O6/c1-29-15-7-8-17(16(13-15)21(26)30-2)22-20(25)14-9-11-23(12-10-14)18-5-3-4-6-19(18)24(27)28/h3-8,13-14H,9-12H2,1-2H3,(H,22,25). The van der Waals surface area contributed by atoms with Crippen molar-refractivity contribution in [3.63, 3.8) is 0 Å². The lowest BCUT2D eigenvalue weighted by molar-refractivity contribution is -0.384. The number of carbonyl (C=O) groups excluding carboxylic acids is 2. The molecule has 3 rings (SSSR count). The van der Waals surface area contributed by atoms with Crippen LogP contribution >= 0.6 is 0 Å². The van der Waals surface area contributed by atoms with Gasteiger partial charge in [-0.3, -0.25) is 14.9 Å². The molecule has 1 heterocycles. The van der Waals surface area contributed by atoms with Gasteiger partial charge in [-0.05, 0) is 37.1 Å². The number of methoxy groups -OCH3 is 2. The van der Waals surface area contributed by atoms with E-state index in [2.05, 4.69) is 5.32 Å². The zero-order valence-corrected chi connectivity index (χ0v) is 16.8. The second-order valence-electron chi connectivity index (χ2n) is 6.90. The summed E-state index contributed by atoms with van der Waals surface area (Å²) in [6, 6.07) is 11.4. The van der Waals surface area contributed by atoms with Crippen LogP contribution in [0.2, 0.25) is 0 Å². The molecule has 0 aromatic heterocycles. The third-order valence-electron chi connectivity index (χ3n) is 5.17. The summed E-state index contributed by atoms with van der Waals surface area (Å²) in [5, 5.41) is 14.1. The summed E-state index contributed by atoms with van der Waals surface area (Å²) in [7, 11) is 2.76. The van der Waals surface area contributed by atoms with Crippen LogP contribution in [0.1, 0.15) is 23.2 Å². The smallest absolute Gasteiger partial charge is 0.340 e. The third-order valence-corrected chi connectivity index (χ3v) is 5.17. The summed E-state index contributed by atoms with van der Waals surface area (Å²) in [6.45, 7) is 1.05. The van der Waals surface area contributed by atoms with Gasteiger partial charge in [-0.25, -0.2) is 4.79 Å². The summed E-state index contributed by atoms with van der Waals surface area (Å²) < 4.78 is 9.92. The lowest BCUT2D eigenvalue weighted by Gasteiger charge is -2.32. The quantitative estimate of drug-likeness (QED) is 0.440. The van der Waals surface area contributed by atoms with Gasteiger partial charge in [-0.2, -0.15) is 0 Å². The molecule has 0 bridgehead atoms. The lowest BCUT2D eigenvalue weighted by atomic mass is 9.95. The molecule has 1 aliphatic heterocycles. The fourth-order valence-electron chi connectivity index (χ4n) is 3.54. The first-order chi connectivity index (χ1) is 14.4. The van der Waals surface area contributed by atoms with E-state index in [1.54, 1.807) is 30.3 Å². The number of carbonyl (C=O) groups is 2. The van der Waals surface area contributed by atoms with E-state index >= 15 is 0 Å². The summed E-state index contributed by atoms with van der Waals surface area (Å²) >= 11 is 0. The van der Waals surface area contributed by atoms with Crippen LogP contribution in [0.3, 0.4) is 0 Å². The highest BCUT2D eigenvalue weighted by Crippen LogP contribution is 2.32. The van der Waals surface area contributed by atoms with Crippen molar-refractivity contribution < 1.29 is 24.0 Å². The Kier molecular flexibility index (Phi) is 6.51. The number of rotatable bonds is 6. The number of nitrogens with zero attached hydrogens (tertiary/aromatic N) is 2. The van der Waals surface area contributed by atoms with Crippen LogP contribution in [0.15, 0.2) is 42.5 Å². The normalized spacial score (nSPS) is 14.1. The number of para-hydroxylation sites is 2. The first-order valence-electron chi connectivity index (χ1n) is 9.50. The monoisotopic (exact) mass is 413 g/mol. The number of amides is 1. The zero-order valence-electron chi connectivity index (χ0n) is 16.8. The second-order valence-corrected chi connectivity index (χ2v) is 6.90. The van der Waals surface area contributed by atoms with Crippen molar-refractivity contribution in [3.05, 3.63) is 58.1 Å². The van der Waals surface area contributed by atoms with Crippen molar-refractivity contribution in [2.75, 3.05) is 37.5 Å². The number of nitro benzene ring substituents is 1. The number of hydrogen-bond acceptors (Lipinski definition) is 7. The second kappa shape index (κ2) is 9.25. The zero-order chi connectivity index (χ0) is 21.7. The van der Waals surface area contributed by atoms with Crippen LogP contribution in [-0.4, -0.2) is 44.1 Å². The third kappa shape index (κ3) is 4.51. The first kappa shape index (κ1) is 21.1. The minimum absolute atomic E-state index is 0.0568. The molecule has 0 atom stereocenters. The van der Waals surface area contributed by atoms with Crippen LogP contribution in [0.5, 0.6) is 5.75 Å². The van der Waals surface area contributed by atoms with Crippen molar-refractivity contribution in [1.29, 1.82) is 0 Å². The summed E-state index contributed by atoms with van der Waals surface area (Å²) in [5.41, 5.74) is 1.18. The maximum atomic E-state index is 12.8. The van der Waals surface area contributed by atoms with Gasteiger partial charge in [0.05, 0.1) is 30.4 Å². The van der Waals surface area contributed by atoms with Crippen LogP contribution < -0.4 is 15.0 Å². The van der Waals surface area contributed by atoms with Crippen LogP contribution in [0.25, 0.3) is 0 Å². The average Bonchev–Trinajstić information content (AvgIpc) is 2.78. The van der Waals surface area contributed by atoms with Crippen molar-refractivity contribution in [3.8, 4) is 5.75 Å². The molecule has 0 spiro atoms. The van der Waals surface area contributed by atoms with E-state index in [9.17, 15) is 19.7 Å². The molecule has 1 amide bonds. The van der Waals surface area contributed by atoms with Crippen molar-refractivity contribution >= 4 is 28.9 Å². The minimum atomic E-state index is -0.574. The predicted molar refractivity (Wildman–Crippen MR) is 111 cm³/mol. The number of esters is 1. The average molecular weight is 413 g/mol. The molecular weight excluding hydrogens is 390 g/mol. The number of benzene rings is 2. The largest absolute Gasteiger partial charge is 0.497 e. The SMILES string of the molecule is COC(=O)c1cc(OC)ccc1NC(=O)C1CCN(c2ccccc2[N+](=O)[O-])CC1. The van der Waals surface area contributed by atoms with Gasteiger partial charge in [0, 0.05) is 25.1 Å². The van der Waals surface area contributed by atoms with Gasteiger partial charge in [-0.1, -0.05) is 12.1 Å². The lowest BCUT2D eigenvalue weighted by Crippen LogP contribution is -2.38. The van der Waals surface area contributed by atoms with Crippen LogP contribution in [-0.2, 0) is 9.53 Å². The number of piperidine rings is 1. The Morgan fingerprint density at radius 1 is 1.13 bits per heavy atom. The number of ether oxygens (including phenoxy) is 2. The Labute approximate surface area is 173 Å². The van der Waals surface area contributed by atoms with E-state index < -0.39 is 10.9 Å². The van der Waals surface area contributed by atoms with Crippen molar-refractivity contribution in [2.45, 2.75) is 12.8 Å². The van der Waals surface area contributed by atoms with Gasteiger partial charge in [0.15, 0.2) is 0 Å². The minimum Gasteiger partial charge on any atom is -0.497 e. The van der Waals surface area contributed by atoms with E-state index in [0.29, 0.717) is 43.1 Å². The van der Waals surface area contributed by atoms with Crippen LogP contribution in [0.4, 0.5) is 17.1 Å². The Morgan fingerprint density at radius 2 is 1.83 bits per heavy atom. The summed E-state index contributed by atoms with van der Waals surface area (Å²) in [6.07, 6.45) is 1.09. The Hall–Kier alpha value is -3.62. The molecule has 1 aliphatic rings. The van der Waals surface area contributed by atoms with Gasteiger partial charge in [0.2, 0.25) is 5.91 Å². The summed E-state index contributed by atoms with van der Waals surface area (Å²) in [4.78, 5) is 37.6. The molecule has 2 aromatic carbocycles. The van der Waals surface area contributed by atoms with Gasteiger partial charge in [0.25, 0.3) is 5.69 Å². The molecule has 9 nitrogen and oxygen atoms in total. The maximum absolute atomic E-state index is 12.8. The Balaban J connectivity index is 1.68. The van der Waals surface area contributed by atoms with Gasteiger partial charge in [0.1, 0.15) is 11.4 Å². The molecule has 30 heavy (non-hydrogen) atoms. The van der Waals surface area contributed by atoms with E-state index in [1.807, 2.05) is 4.90 Å². The highest BCUT2D eigenvalue weighted by Gasteiger charge is 2.29. The van der Waals surface area contributed by atoms with E-state index in [0.717, 1.165) is 0 Å². The first-order valence-corrected chi connectivity index (χ1v) is 9.50. The molecule has 0 unspecified atom stereocenters. The van der Waals surface area contributed by atoms with Crippen LogP contribution in [0, 0.1) is 16.0 Å². The Bertz CT molecular complexity index is 954. The van der Waals surface area contributed by atoms with E-state index in [4.69, 9.17) is 9.47 Å². The molecule has 0 radical (unpaired) electrons.